The minimum Gasteiger partial charge on any atom is -0.254 e. The lowest BCUT2D eigenvalue weighted by atomic mass is 9.91. The largest absolute Gasteiger partial charge is 0.254 e. The zero-order chi connectivity index (χ0) is 31.6. The summed E-state index contributed by atoms with van der Waals surface area (Å²) in [5, 5.41) is 9.67. The Bertz CT molecular complexity index is 2810. The molecule has 0 unspecified atom stereocenters. The summed E-state index contributed by atoms with van der Waals surface area (Å²) in [6.45, 7) is 0. The van der Waals surface area contributed by atoms with Crippen LogP contribution in [0, 0.1) is 0 Å². The van der Waals surface area contributed by atoms with Gasteiger partial charge in [-0.1, -0.05) is 133 Å². The van der Waals surface area contributed by atoms with Crippen molar-refractivity contribution in [3.05, 3.63) is 158 Å². The first-order chi connectivity index (χ1) is 23.8. The Kier molecular flexibility index (Phi) is 5.84. The molecule has 0 aliphatic heterocycles. The third-order valence-corrected chi connectivity index (χ3v) is 9.47. The molecule has 3 heterocycles. The molecule has 0 radical (unpaired) electrons. The first-order valence-corrected chi connectivity index (χ1v) is 16.1. The number of nitrogens with zero attached hydrogens (tertiary/aromatic N) is 4. The van der Waals surface area contributed by atoms with E-state index in [1.165, 1.54) is 32.3 Å². The number of pyridine rings is 2. The van der Waals surface area contributed by atoms with Gasteiger partial charge in [-0.3, -0.25) is 4.98 Å². The van der Waals surface area contributed by atoms with Crippen LogP contribution in [0.1, 0.15) is 0 Å². The third-order valence-electron chi connectivity index (χ3n) is 9.47. The maximum atomic E-state index is 5.17. The molecular formula is C44H26N4. The Morgan fingerprint density at radius 3 is 1.79 bits per heavy atom. The molecule has 0 fully saturated rings. The molecule has 0 aliphatic carbocycles. The molecule has 0 aliphatic rings. The Morgan fingerprint density at radius 2 is 0.979 bits per heavy atom. The summed E-state index contributed by atoms with van der Waals surface area (Å²) < 4.78 is 0. The minimum atomic E-state index is 0.702. The van der Waals surface area contributed by atoms with Crippen molar-refractivity contribution in [2.75, 3.05) is 0 Å². The van der Waals surface area contributed by atoms with Gasteiger partial charge in [0.05, 0.1) is 28.1 Å². The molecule has 0 N–H and O–H groups in total. The topological polar surface area (TPSA) is 51.6 Å². The Labute approximate surface area is 276 Å². The van der Waals surface area contributed by atoms with Gasteiger partial charge in [0.25, 0.3) is 0 Å². The lowest BCUT2D eigenvalue weighted by molar-refractivity contribution is 1.18. The molecule has 0 atom stereocenters. The predicted molar refractivity (Wildman–Crippen MR) is 198 cm³/mol. The molecular weight excluding hydrogens is 585 g/mol. The van der Waals surface area contributed by atoms with Crippen molar-refractivity contribution in [3.8, 4) is 45.2 Å². The maximum absolute atomic E-state index is 5.17. The van der Waals surface area contributed by atoms with E-state index in [0.717, 1.165) is 61.1 Å². The van der Waals surface area contributed by atoms with Gasteiger partial charge in [0.1, 0.15) is 0 Å². The van der Waals surface area contributed by atoms with Crippen LogP contribution in [0.3, 0.4) is 0 Å². The molecule has 4 nitrogen and oxygen atoms in total. The van der Waals surface area contributed by atoms with Crippen molar-refractivity contribution in [2.45, 2.75) is 0 Å². The highest BCUT2D eigenvalue weighted by molar-refractivity contribution is 6.25. The van der Waals surface area contributed by atoms with E-state index in [0.29, 0.717) is 5.82 Å². The van der Waals surface area contributed by atoms with Crippen molar-refractivity contribution >= 4 is 54.1 Å². The van der Waals surface area contributed by atoms with E-state index in [-0.39, 0.29) is 0 Å². The van der Waals surface area contributed by atoms with Crippen molar-refractivity contribution in [1.82, 2.24) is 19.9 Å². The van der Waals surface area contributed by atoms with Crippen LogP contribution >= 0.6 is 0 Å². The standard InChI is InChI=1S/C44H26N4/c1-2-6-34(7-3-1)44-47-38(26-39(48-44)35-22-19-31-16-15-29-8-4-9-30-20-23-36(35)41(31)40(29)30)28-13-11-27(12-14-28)37-24-21-33-18-17-32-10-5-25-45-42(32)43(33)46-37/h1-26H. The van der Waals surface area contributed by atoms with E-state index >= 15 is 0 Å². The van der Waals surface area contributed by atoms with Gasteiger partial charge in [-0.2, -0.15) is 0 Å². The van der Waals surface area contributed by atoms with Crippen molar-refractivity contribution in [2.24, 2.45) is 0 Å². The molecule has 0 saturated heterocycles. The van der Waals surface area contributed by atoms with Crippen LogP contribution in [-0.4, -0.2) is 19.9 Å². The van der Waals surface area contributed by atoms with E-state index < -0.39 is 0 Å². The zero-order valence-corrected chi connectivity index (χ0v) is 25.8. The second-order valence-corrected chi connectivity index (χ2v) is 12.3. The maximum Gasteiger partial charge on any atom is 0.160 e. The van der Waals surface area contributed by atoms with Gasteiger partial charge in [0.2, 0.25) is 0 Å². The first kappa shape index (κ1) is 26.7. The SMILES string of the molecule is c1ccc(-c2nc(-c3ccc(-c4ccc5ccc6cccnc6c5n4)cc3)cc(-c3ccc4ccc5cccc6ccc3c4c56)n2)cc1. The van der Waals surface area contributed by atoms with Gasteiger partial charge in [-0.05, 0) is 50.5 Å². The van der Waals surface area contributed by atoms with Crippen LogP contribution in [0.5, 0.6) is 0 Å². The lowest BCUT2D eigenvalue weighted by Gasteiger charge is -2.15. The van der Waals surface area contributed by atoms with Crippen LogP contribution in [0.4, 0.5) is 0 Å². The fraction of sp³-hybridized carbons (Fsp3) is 0. The molecule has 4 heteroatoms. The smallest absolute Gasteiger partial charge is 0.160 e. The highest BCUT2D eigenvalue weighted by Crippen LogP contribution is 2.40. The molecule has 0 saturated carbocycles. The van der Waals surface area contributed by atoms with E-state index in [9.17, 15) is 0 Å². The number of fused-ring (bicyclic) bond motifs is 3. The summed E-state index contributed by atoms with van der Waals surface area (Å²) in [5.41, 5.74) is 8.65. The molecule has 0 amide bonds. The highest BCUT2D eigenvalue weighted by Gasteiger charge is 2.16. The second kappa shape index (κ2) is 10.5. The fourth-order valence-electron chi connectivity index (χ4n) is 7.10. The Balaban J connectivity index is 1.12. The van der Waals surface area contributed by atoms with E-state index in [1.54, 1.807) is 0 Å². The van der Waals surface area contributed by atoms with Gasteiger partial charge in [0.15, 0.2) is 5.82 Å². The van der Waals surface area contributed by atoms with Gasteiger partial charge in [0, 0.05) is 39.2 Å². The summed E-state index contributed by atoms with van der Waals surface area (Å²) >= 11 is 0. The fourth-order valence-corrected chi connectivity index (χ4v) is 7.10. The summed E-state index contributed by atoms with van der Waals surface area (Å²) in [4.78, 5) is 20.0. The predicted octanol–water partition coefficient (Wildman–Crippen LogP) is 11.1. The second-order valence-electron chi connectivity index (χ2n) is 12.3. The van der Waals surface area contributed by atoms with Crippen LogP contribution < -0.4 is 0 Å². The first-order valence-electron chi connectivity index (χ1n) is 16.1. The van der Waals surface area contributed by atoms with Crippen LogP contribution in [0.15, 0.2) is 158 Å². The average molecular weight is 611 g/mol. The summed E-state index contributed by atoms with van der Waals surface area (Å²) in [6.07, 6.45) is 1.83. The molecule has 10 aromatic rings. The molecule has 222 valence electrons. The highest BCUT2D eigenvalue weighted by atomic mass is 14.9. The number of rotatable bonds is 4. The number of aromatic nitrogens is 4. The number of benzene rings is 7. The zero-order valence-electron chi connectivity index (χ0n) is 25.8. The van der Waals surface area contributed by atoms with E-state index in [4.69, 9.17) is 15.0 Å². The van der Waals surface area contributed by atoms with Crippen molar-refractivity contribution in [1.29, 1.82) is 0 Å². The lowest BCUT2D eigenvalue weighted by Crippen LogP contribution is -1.97. The third kappa shape index (κ3) is 4.24. The molecule has 48 heavy (non-hydrogen) atoms. The van der Waals surface area contributed by atoms with Crippen molar-refractivity contribution < 1.29 is 0 Å². The number of hydrogen-bond donors (Lipinski definition) is 0. The monoisotopic (exact) mass is 610 g/mol. The van der Waals surface area contributed by atoms with Gasteiger partial charge >= 0.3 is 0 Å². The average Bonchev–Trinajstić information content (AvgIpc) is 3.17. The summed E-state index contributed by atoms with van der Waals surface area (Å²) in [7, 11) is 0. The molecule has 3 aromatic heterocycles. The normalized spacial score (nSPS) is 11.8. The van der Waals surface area contributed by atoms with Gasteiger partial charge in [-0.15, -0.1) is 0 Å². The molecule has 0 spiro atoms. The van der Waals surface area contributed by atoms with Crippen molar-refractivity contribution in [3.63, 3.8) is 0 Å². The Hall–Kier alpha value is -6.52. The molecule has 7 aromatic carbocycles. The molecule has 10 rings (SSSR count). The quantitative estimate of drug-likeness (QED) is 0.186. The summed E-state index contributed by atoms with van der Waals surface area (Å²) in [6, 6.07) is 53.2. The van der Waals surface area contributed by atoms with Crippen LogP contribution in [0.2, 0.25) is 0 Å². The van der Waals surface area contributed by atoms with Crippen LogP contribution in [-0.2, 0) is 0 Å². The van der Waals surface area contributed by atoms with Crippen LogP contribution in [0.25, 0.3) is 99.3 Å². The van der Waals surface area contributed by atoms with E-state index in [1.807, 2.05) is 30.5 Å². The van der Waals surface area contributed by atoms with E-state index in [2.05, 4.69) is 132 Å². The van der Waals surface area contributed by atoms with Gasteiger partial charge < -0.3 is 0 Å². The Morgan fingerprint density at radius 1 is 0.354 bits per heavy atom. The molecule has 0 bridgehead atoms. The minimum absolute atomic E-state index is 0.702. The number of hydrogen-bond acceptors (Lipinski definition) is 4. The summed E-state index contributed by atoms with van der Waals surface area (Å²) in [5.74, 6) is 0.702. The van der Waals surface area contributed by atoms with Gasteiger partial charge in [-0.25, -0.2) is 15.0 Å².